The van der Waals surface area contributed by atoms with Gasteiger partial charge in [0.05, 0.1) is 11.3 Å². The third kappa shape index (κ3) is 4.74. The van der Waals surface area contributed by atoms with E-state index in [4.69, 9.17) is 10.4 Å². The summed E-state index contributed by atoms with van der Waals surface area (Å²) in [4.78, 5) is 11.9. The maximum absolute atomic E-state index is 14.5. The summed E-state index contributed by atoms with van der Waals surface area (Å²) < 4.78 is 29.3. The van der Waals surface area contributed by atoms with Crippen LogP contribution >= 0.6 is 0 Å². The zero-order chi connectivity index (χ0) is 17.9. The highest BCUT2D eigenvalue weighted by Crippen LogP contribution is 2.36. The lowest BCUT2D eigenvalue weighted by molar-refractivity contribution is 0.260. The fourth-order valence-electron chi connectivity index (χ4n) is 2.21. The van der Waals surface area contributed by atoms with E-state index < -0.39 is 21.8 Å². The standard InChI is InChI=1S/C15H21FN4O2S/c1-8(2)11-6-10(7-17)13(16)12(9(3)4)14(11)19-15(21)20-23(5,18)22/h6,8-9H,1-5H3,(H3,18,19,20,21,22). The van der Waals surface area contributed by atoms with Crippen LogP contribution in [0.2, 0.25) is 0 Å². The molecule has 126 valence electrons. The van der Waals surface area contributed by atoms with Crippen molar-refractivity contribution in [1.29, 1.82) is 5.26 Å². The smallest absolute Gasteiger partial charge is 0.305 e. The van der Waals surface area contributed by atoms with Crippen LogP contribution in [0.3, 0.4) is 0 Å². The summed E-state index contributed by atoms with van der Waals surface area (Å²) in [5.41, 5.74) is 1.00. The zero-order valence-electron chi connectivity index (χ0n) is 13.8. The molecule has 2 amide bonds. The summed E-state index contributed by atoms with van der Waals surface area (Å²) >= 11 is 0. The van der Waals surface area contributed by atoms with Crippen molar-refractivity contribution in [2.45, 2.75) is 39.5 Å². The third-order valence-corrected chi connectivity index (χ3v) is 3.68. The van der Waals surface area contributed by atoms with Crippen LogP contribution in [0.1, 0.15) is 56.2 Å². The molecule has 23 heavy (non-hydrogen) atoms. The molecule has 0 aliphatic carbocycles. The number of halogens is 1. The molecule has 1 aromatic carbocycles. The predicted molar refractivity (Wildman–Crippen MR) is 89.0 cm³/mol. The van der Waals surface area contributed by atoms with Crippen molar-refractivity contribution >= 4 is 21.6 Å². The first-order chi connectivity index (χ1) is 10.5. The number of urea groups is 1. The number of nitrogens with one attached hydrogen (secondary N) is 1. The average molecular weight is 340 g/mol. The highest BCUT2D eigenvalue weighted by Gasteiger charge is 2.23. The molecular formula is C15H21FN4O2S. The molecule has 0 spiro atoms. The fraction of sp³-hybridized carbons (Fsp3) is 0.467. The van der Waals surface area contributed by atoms with Gasteiger partial charge >= 0.3 is 6.03 Å². The van der Waals surface area contributed by atoms with Crippen LogP contribution in [0.25, 0.3) is 0 Å². The SMILES string of the molecule is CC(C)c1cc(C#N)c(F)c(C(C)C)c1NC(=O)N=S(C)(N)=O. The average Bonchev–Trinajstić information content (AvgIpc) is 2.35. The molecule has 1 atom stereocenters. The van der Waals surface area contributed by atoms with Gasteiger partial charge in [0.15, 0.2) is 0 Å². The molecule has 6 nitrogen and oxygen atoms in total. The maximum atomic E-state index is 14.5. The van der Waals surface area contributed by atoms with Gasteiger partial charge in [0.25, 0.3) is 0 Å². The van der Waals surface area contributed by atoms with E-state index in [-0.39, 0.29) is 28.7 Å². The van der Waals surface area contributed by atoms with Crippen molar-refractivity contribution in [3.63, 3.8) is 0 Å². The summed E-state index contributed by atoms with van der Waals surface area (Å²) in [6.45, 7) is 7.22. The van der Waals surface area contributed by atoms with Crippen molar-refractivity contribution in [2.75, 3.05) is 11.6 Å². The van der Waals surface area contributed by atoms with Crippen LogP contribution < -0.4 is 10.5 Å². The Bertz CT molecular complexity index is 780. The van der Waals surface area contributed by atoms with Gasteiger partial charge in [-0.1, -0.05) is 27.7 Å². The summed E-state index contributed by atoms with van der Waals surface area (Å²) in [5, 5.41) is 16.8. The van der Waals surface area contributed by atoms with E-state index in [1.165, 1.54) is 6.07 Å². The second-order valence-electron chi connectivity index (χ2n) is 5.92. The Labute approximate surface area is 136 Å². The summed E-state index contributed by atoms with van der Waals surface area (Å²) in [5.74, 6) is -1.02. The second-order valence-corrected chi connectivity index (χ2v) is 7.82. The van der Waals surface area contributed by atoms with Gasteiger partial charge in [-0.05, 0) is 23.5 Å². The molecule has 0 fully saturated rings. The summed E-state index contributed by atoms with van der Waals surface area (Å²) in [6, 6.07) is 2.33. The topological polar surface area (TPSA) is 108 Å². The van der Waals surface area contributed by atoms with Crippen molar-refractivity contribution in [3.05, 3.63) is 28.6 Å². The van der Waals surface area contributed by atoms with E-state index in [9.17, 15) is 13.4 Å². The van der Waals surface area contributed by atoms with E-state index in [0.29, 0.717) is 5.56 Å². The molecule has 8 heteroatoms. The molecule has 0 saturated carbocycles. The molecule has 0 saturated heterocycles. The van der Waals surface area contributed by atoms with Crippen LogP contribution in [-0.2, 0) is 9.92 Å². The molecule has 1 unspecified atom stereocenters. The van der Waals surface area contributed by atoms with Gasteiger partial charge in [-0.3, -0.25) is 0 Å². The van der Waals surface area contributed by atoms with Gasteiger partial charge in [0, 0.05) is 11.8 Å². The van der Waals surface area contributed by atoms with Gasteiger partial charge in [0.2, 0.25) is 0 Å². The van der Waals surface area contributed by atoms with E-state index in [0.717, 1.165) is 6.26 Å². The Morgan fingerprint density at radius 3 is 2.35 bits per heavy atom. The molecule has 0 radical (unpaired) electrons. The number of nitriles is 1. The number of benzene rings is 1. The minimum Gasteiger partial charge on any atom is -0.305 e. The summed E-state index contributed by atoms with van der Waals surface area (Å²) in [6.07, 6.45) is 1.12. The number of rotatable bonds is 3. The Morgan fingerprint density at radius 1 is 1.39 bits per heavy atom. The minimum atomic E-state index is -3.12. The number of anilines is 1. The van der Waals surface area contributed by atoms with Crippen LogP contribution in [0, 0.1) is 17.1 Å². The first-order valence-corrected chi connectivity index (χ1v) is 9.03. The molecule has 1 aromatic rings. The first kappa shape index (κ1) is 19.1. The molecule has 0 aliphatic rings. The van der Waals surface area contributed by atoms with Crippen molar-refractivity contribution in [2.24, 2.45) is 9.50 Å². The van der Waals surface area contributed by atoms with Gasteiger partial charge < -0.3 is 5.32 Å². The highest BCUT2D eigenvalue weighted by atomic mass is 32.2. The fourth-order valence-corrected chi connectivity index (χ4v) is 2.59. The Kier molecular flexibility index (Phi) is 5.86. The third-order valence-electron chi connectivity index (χ3n) is 3.15. The molecule has 3 N–H and O–H groups in total. The molecule has 0 heterocycles. The number of carbonyl (C=O) groups excluding carboxylic acids is 1. The van der Waals surface area contributed by atoms with Crippen LogP contribution in [-0.4, -0.2) is 16.5 Å². The highest BCUT2D eigenvalue weighted by molar-refractivity contribution is 7.91. The second kappa shape index (κ2) is 7.06. The van der Waals surface area contributed by atoms with E-state index >= 15 is 0 Å². The molecular weight excluding hydrogens is 319 g/mol. The predicted octanol–water partition coefficient (Wildman–Crippen LogP) is 3.45. The van der Waals surface area contributed by atoms with E-state index in [1.807, 2.05) is 19.9 Å². The zero-order valence-corrected chi connectivity index (χ0v) is 14.6. The lowest BCUT2D eigenvalue weighted by Gasteiger charge is -2.21. The Morgan fingerprint density at radius 2 is 1.96 bits per heavy atom. The van der Waals surface area contributed by atoms with Crippen molar-refractivity contribution in [1.82, 2.24) is 0 Å². The van der Waals surface area contributed by atoms with E-state index in [2.05, 4.69) is 9.68 Å². The number of hydrogen-bond donors (Lipinski definition) is 2. The number of hydrogen-bond acceptors (Lipinski definition) is 3. The van der Waals surface area contributed by atoms with Crippen LogP contribution in [0.15, 0.2) is 10.4 Å². The molecule has 0 bridgehead atoms. The molecule has 1 rings (SSSR count). The van der Waals surface area contributed by atoms with Gasteiger partial charge in [-0.25, -0.2) is 18.5 Å². The van der Waals surface area contributed by atoms with Crippen LogP contribution in [0.5, 0.6) is 0 Å². The number of carbonyl (C=O) groups is 1. The maximum Gasteiger partial charge on any atom is 0.354 e. The minimum absolute atomic E-state index is 0.0700. The first-order valence-electron chi connectivity index (χ1n) is 7.05. The largest absolute Gasteiger partial charge is 0.354 e. The normalized spacial score (nSPS) is 13.6. The number of nitrogens with two attached hydrogens (primary N) is 1. The quantitative estimate of drug-likeness (QED) is 0.879. The monoisotopic (exact) mass is 340 g/mol. The van der Waals surface area contributed by atoms with E-state index in [1.54, 1.807) is 13.8 Å². The summed E-state index contributed by atoms with van der Waals surface area (Å²) in [7, 11) is -3.12. The lowest BCUT2D eigenvalue weighted by Crippen LogP contribution is -2.18. The molecule has 0 aliphatic heterocycles. The van der Waals surface area contributed by atoms with Crippen molar-refractivity contribution in [3.8, 4) is 6.07 Å². The van der Waals surface area contributed by atoms with Gasteiger partial charge in [0.1, 0.15) is 21.8 Å². The van der Waals surface area contributed by atoms with Gasteiger partial charge in [-0.2, -0.15) is 5.26 Å². The lowest BCUT2D eigenvalue weighted by atomic mass is 9.90. The molecule has 0 aromatic heterocycles. The Balaban J connectivity index is 3.62. The van der Waals surface area contributed by atoms with Crippen LogP contribution in [0.4, 0.5) is 14.9 Å². The Hall–Kier alpha value is -1.98. The number of amides is 2. The van der Waals surface area contributed by atoms with Crippen molar-refractivity contribution < 1.29 is 13.4 Å². The number of nitrogens with zero attached hydrogens (tertiary/aromatic N) is 2. The van der Waals surface area contributed by atoms with Gasteiger partial charge in [-0.15, -0.1) is 4.36 Å².